The molecule has 0 atom stereocenters. The Balaban J connectivity index is 1.95. The van der Waals surface area contributed by atoms with Crippen molar-refractivity contribution in [2.75, 3.05) is 29.3 Å². The van der Waals surface area contributed by atoms with Gasteiger partial charge >= 0.3 is 0 Å². The molecule has 0 bridgehead atoms. The minimum atomic E-state index is -2.54. The van der Waals surface area contributed by atoms with Crippen LogP contribution in [-0.2, 0) is 9.36 Å². The van der Waals surface area contributed by atoms with Gasteiger partial charge in [-0.2, -0.15) is 4.98 Å². The van der Waals surface area contributed by atoms with Crippen molar-refractivity contribution in [1.29, 1.82) is 0 Å². The summed E-state index contributed by atoms with van der Waals surface area (Å²) < 4.78 is 18.6. The zero-order valence-electron chi connectivity index (χ0n) is 19.4. The highest BCUT2D eigenvalue weighted by molar-refractivity contribution is 7.70. The average molecular weight is 500 g/mol. The minimum Gasteiger partial charge on any atom is -0.489 e. The molecule has 3 rings (SSSR count). The van der Waals surface area contributed by atoms with E-state index < -0.39 is 7.14 Å². The molecule has 0 aliphatic carbocycles. The van der Waals surface area contributed by atoms with Gasteiger partial charge in [-0.25, -0.2) is 4.98 Å². The van der Waals surface area contributed by atoms with Gasteiger partial charge in [0.2, 0.25) is 11.9 Å². The first-order valence-corrected chi connectivity index (χ1v) is 13.5. The fourth-order valence-electron chi connectivity index (χ4n) is 3.07. The van der Waals surface area contributed by atoms with Crippen molar-refractivity contribution < 1.29 is 14.1 Å². The van der Waals surface area contributed by atoms with Crippen molar-refractivity contribution in [3.63, 3.8) is 0 Å². The molecule has 0 aliphatic rings. The van der Waals surface area contributed by atoms with Crippen LogP contribution in [-0.4, -0.2) is 35.3 Å². The van der Waals surface area contributed by atoms with Crippen molar-refractivity contribution >= 4 is 58.8 Å². The molecule has 0 fully saturated rings. The summed E-state index contributed by atoms with van der Waals surface area (Å²) in [6.45, 7) is 10.7. The molecule has 8 nitrogen and oxygen atoms in total. The monoisotopic (exact) mass is 499 g/mol. The maximum Gasteiger partial charge on any atom is 0.247 e. The number of carbonyl (C=O) groups is 1. The lowest BCUT2D eigenvalue weighted by Gasteiger charge is -2.18. The van der Waals surface area contributed by atoms with Gasteiger partial charge in [-0.15, -0.1) is 0 Å². The Bertz CT molecular complexity index is 1260. The van der Waals surface area contributed by atoms with E-state index in [1.54, 1.807) is 31.5 Å². The van der Waals surface area contributed by atoms with E-state index in [0.717, 1.165) is 0 Å². The molecule has 1 heterocycles. The van der Waals surface area contributed by atoms with Gasteiger partial charge in [0.15, 0.2) is 5.82 Å². The van der Waals surface area contributed by atoms with Crippen LogP contribution in [0.15, 0.2) is 61.3 Å². The van der Waals surface area contributed by atoms with Gasteiger partial charge in [0.25, 0.3) is 0 Å². The number of nitrogens with zero attached hydrogens (tertiary/aromatic N) is 2. The number of benzene rings is 2. The van der Waals surface area contributed by atoms with Crippen LogP contribution in [0.3, 0.4) is 0 Å². The number of aromatic nitrogens is 2. The Kier molecular flexibility index (Phi) is 7.97. The molecular formula is C24H27ClN5O3P. The van der Waals surface area contributed by atoms with Crippen molar-refractivity contribution in [1.82, 2.24) is 9.97 Å². The molecule has 0 spiro atoms. The second-order valence-corrected chi connectivity index (χ2v) is 11.7. The summed E-state index contributed by atoms with van der Waals surface area (Å²) in [6, 6.07) is 12.5. The lowest BCUT2D eigenvalue weighted by atomic mass is 10.2. The van der Waals surface area contributed by atoms with E-state index in [-0.39, 0.29) is 18.0 Å². The van der Waals surface area contributed by atoms with E-state index in [1.165, 1.54) is 12.3 Å². The first kappa shape index (κ1) is 25.3. The van der Waals surface area contributed by atoms with E-state index in [4.69, 9.17) is 16.3 Å². The van der Waals surface area contributed by atoms with Gasteiger partial charge in [0.05, 0.1) is 23.7 Å². The maximum absolute atomic E-state index is 12.7. The van der Waals surface area contributed by atoms with E-state index in [9.17, 15) is 9.36 Å². The van der Waals surface area contributed by atoms with Crippen LogP contribution in [0.2, 0.25) is 5.02 Å². The Labute approximate surface area is 204 Å². The van der Waals surface area contributed by atoms with Crippen LogP contribution >= 0.6 is 18.7 Å². The van der Waals surface area contributed by atoms with E-state index in [0.29, 0.717) is 39.0 Å². The highest BCUT2D eigenvalue weighted by Crippen LogP contribution is 2.39. The molecule has 0 unspecified atom stereocenters. The van der Waals surface area contributed by atoms with Crippen LogP contribution in [0, 0.1) is 0 Å². The molecule has 3 N–H and O–H groups in total. The topological polar surface area (TPSA) is 105 Å². The molecule has 0 saturated carbocycles. The molecule has 10 heteroatoms. The Hall–Kier alpha value is -3.35. The van der Waals surface area contributed by atoms with Crippen LogP contribution in [0.5, 0.6) is 5.75 Å². The third-order valence-corrected chi connectivity index (χ3v) is 6.35. The number of ether oxygens (including phenoxy) is 1. The number of rotatable bonds is 9. The quantitative estimate of drug-likeness (QED) is 0.253. The fourth-order valence-corrected chi connectivity index (χ4v) is 4.36. The van der Waals surface area contributed by atoms with Gasteiger partial charge in [0.1, 0.15) is 17.9 Å². The number of hydrogen-bond acceptors (Lipinski definition) is 7. The molecule has 1 amide bonds. The number of anilines is 5. The Morgan fingerprint density at radius 3 is 2.56 bits per heavy atom. The van der Waals surface area contributed by atoms with Gasteiger partial charge in [-0.3, -0.25) is 4.79 Å². The van der Waals surface area contributed by atoms with Crippen molar-refractivity contribution in [2.24, 2.45) is 0 Å². The summed E-state index contributed by atoms with van der Waals surface area (Å²) in [6.07, 6.45) is 2.58. The van der Waals surface area contributed by atoms with Crippen LogP contribution in [0.1, 0.15) is 13.8 Å². The highest BCUT2D eigenvalue weighted by atomic mass is 35.5. The molecule has 0 saturated heterocycles. The summed E-state index contributed by atoms with van der Waals surface area (Å²) in [7, 11) is -2.54. The summed E-state index contributed by atoms with van der Waals surface area (Å²) in [4.78, 5) is 20.5. The van der Waals surface area contributed by atoms with Crippen molar-refractivity contribution in [2.45, 2.75) is 20.0 Å². The van der Waals surface area contributed by atoms with Crippen LogP contribution in [0.4, 0.5) is 28.8 Å². The summed E-state index contributed by atoms with van der Waals surface area (Å²) in [5, 5.41) is 10.0. The molecule has 0 aliphatic heterocycles. The third kappa shape index (κ3) is 6.59. The van der Waals surface area contributed by atoms with E-state index >= 15 is 0 Å². The van der Waals surface area contributed by atoms with Gasteiger partial charge in [-0.1, -0.05) is 30.3 Å². The van der Waals surface area contributed by atoms with Crippen molar-refractivity contribution in [3.8, 4) is 5.75 Å². The lowest BCUT2D eigenvalue weighted by molar-refractivity contribution is -0.111. The predicted molar refractivity (Wildman–Crippen MR) is 140 cm³/mol. The van der Waals surface area contributed by atoms with Crippen LogP contribution in [0.25, 0.3) is 0 Å². The van der Waals surface area contributed by atoms with E-state index in [2.05, 4.69) is 32.5 Å². The molecule has 3 aromatic rings. The molecule has 178 valence electrons. The normalized spacial score (nSPS) is 11.1. The standard InChI is InChI=1S/C24H27ClN5O3P/c1-6-22(31)27-16-11-12-20(33-15(2)3)19(13-16)29-24-26-14-17(25)23(30-24)28-18-9-7-8-10-21(18)34(4,5)32/h6-15H,1H2,2-5H3,(H,27,31)(H2,26,28,29,30). The molecule has 2 aromatic carbocycles. The van der Waals surface area contributed by atoms with Gasteiger partial charge in [0, 0.05) is 11.0 Å². The van der Waals surface area contributed by atoms with Crippen molar-refractivity contribution in [3.05, 3.63) is 66.3 Å². The summed E-state index contributed by atoms with van der Waals surface area (Å²) >= 11 is 6.35. The summed E-state index contributed by atoms with van der Waals surface area (Å²) in [5.41, 5.74) is 1.75. The number of nitrogens with one attached hydrogen (secondary N) is 3. The lowest BCUT2D eigenvalue weighted by Crippen LogP contribution is -2.12. The number of hydrogen-bond donors (Lipinski definition) is 3. The Morgan fingerprint density at radius 1 is 1.15 bits per heavy atom. The van der Waals surface area contributed by atoms with Gasteiger partial charge in [-0.05, 0) is 63.6 Å². The second-order valence-electron chi connectivity index (χ2n) is 8.08. The predicted octanol–water partition coefficient (Wildman–Crippen LogP) is 5.78. The zero-order chi connectivity index (χ0) is 24.9. The highest BCUT2D eigenvalue weighted by Gasteiger charge is 2.17. The first-order valence-electron chi connectivity index (χ1n) is 10.5. The molecular weight excluding hydrogens is 473 g/mol. The summed E-state index contributed by atoms with van der Waals surface area (Å²) in [5.74, 6) is 0.826. The first-order chi connectivity index (χ1) is 16.1. The molecule has 1 aromatic heterocycles. The molecule has 0 radical (unpaired) electrons. The largest absolute Gasteiger partial charge is 0.489 e. The third-order valence-electron chi connectivity index (χ3n) is 4.52. The zero-order valence-corrected chi connectivity index (χ0v) is 21.1. The maximum atomic E-state index is 12.7. The Morgan fingerprint density at radius 2 is 1.88 bits per heavy atom. The number of halogens is 1. The molecule has 34 heavy (non-hydrogen) atoms. The van der Waals surface area contributed by atoms with E-state index in [1.807, 2.05) is 38.1 Å². The minimum absolute atomic E-state index is 0.0761. The van der Waals surface area contributed by atoms with Gasteiger partial charge < -0.3 is 25.3 Å². The number of amides is 1. The average Bonchev–Trinajstić information content (AvgIpc) is 2.77. The number of carbonyl (C=O) groups excluding carboxylic acids is 1. The number of para-hydroxylation sites is 1. The smallest absolute Gasteiger partial charge is 0.247 e. The van der Waals surface area contributed by atoms with Crippen LogP contribution < -0.4 is 26.0 Å². The fraction of sp³-hybridized carbons (Fsp3) is 0.208. The second kappa shape index (κ2) is 10.7. The SMILES string of the molecule is C=CC(=O)Nc1ccc(OC(C)C)c(Nc2ncc(Cl)c(Nc3ccccc3P(C)(C)=O)n2)c1.